The first-order chi connectivity index (χ1) is 8.08. The first-order valence-corrected chi connectivity index (χ1v) is 7.27. The van der Waals surface area contributed by atoms with E-state index in [-0.39, 0.29) is 0 Å². The lowest BCUT2D eigenvalue weighted by Crippen LogP contribution is -2.38. The molecule has 2 N–H and O–H groups in total. The zero-order chi connectivity index (χ0) is 12.4. The maximum absolute atomic E-state index is 6.11. The molecule has 2 aliphatic rings. The van der Waals surface area contributed by atoms with Crippen molar-refractivity contribution in [3.05, 3.63) is 0 Å². The summed E-state index contributed by atoms with van der Waals surface area (Å²) in [6.45, 7) is 8.20. The van der Waals surface area contributed by atoms with Crippen LogP contribution in [-0.4, -0.2) is 54.6 Å². The normalized spacial score (nSPS) is 28.2. The number of nitrogens with two attached hydrogens (primary N) is 1. The van der Waals surface area contributed by atoms with E-state index in [1.807, 2.05) is 0 Å². The Labute approximate surface area is 106 Å². The van der Waals surface area contributed by atoms with Crippen molar-refractivity contribution in [1.82, 2.24) is 9.80 Å². The molecule has 2 rings (SSSR count). The lowest BCUT2D eigenvalue weighted by atomic mass is 10.0. The minimum atomic E-state index is 0.360. The van der Waals surface area contributed by atoms with Crippen LogP contribution in [0.4, 0.5) is 0 Å². The third-order valence-corrected chi connectivity index (χ3v) is 4.55. The Morgan fingerprint density at radius 3 is 2.59 bits per heavy atom. The zero-order valence-electron chi connectivity index (χ0n) is 11.7. The van der Waals surface area contributed by atoms with E-state index in [9.17, 15) is 0 Å². The van der Waals surface area contributed by atoms with Crippen molar-refractivity contribution >= 4 is 0 Å². The number of rotatable bonds is 6. The van der Waals surface area contributed by atoms with Crippen molar-refractivity contribution in [2.75, 3.05) is 26.7 Å². The molecule has 0 radical (unpaired) electrons. The van der Waals surface area contributed by atoms with Crippen molar-refractivity contribution in [2.45, 2.75) is 57.7 Å². The van der Waals surface area contributed by atoms with E-state index in [1.54, 1.807) is 0 Å². The van der Waals surface area contributed by atoms with E-state index >= 15 is 0 Å². The van der Waals surface area contributed by atoms with Gasteiger partial charge in [0.25, 0.3) is 0 Å². The van der Waals surface area contributed by atoms with Gasteiger partial charge in [-0.1, -0.05) is 13.8 Å². The Morgan fingerprint density at radius 1 is 1.29 bits per heavy atom. The molecule has 0 bridgehead atoms. The molecule has 2 unspecified atom stereocenters. The lowest BCUT2D eigenvalue weighted by Gasteiger charge is -2.26. The van der Waals surface area contributed by atoms with E-state index in [1.165, 1.54) is 32.4 Å². The molecular formula is C14H29N3. The van der Waals surface area contributed by atoms with Crippen LogP contribution in [0.15, 0.2) is 0 Å². The van der Waals surface area contributed by atoms with Crippen LogP contribution in [0.5, 0.6) is 0 Å². The lowest BCUT2D eigenvalue weighted by molar-refractivity contribution is 0.217. The number of likely N-dealkylation sites (tertiary alicyclic amines) is 1. The van der Waals surface area contributed by atoms with Gasteiger partial charge in [-0.2, -0.15) is 0 Å². The average Bonchev–Trinajstić information content (AvgIpc) is 3.03. The van der Waals surface area contributed by atoms with Crippen LogP contribution in [0.25, 0.3) is 0 Å². The second-order valence-electron chi connectivity index (χ2n) is 6.35. The molecule has 1 heterocycles. The standard InChI is InChI=1S/C14H29N3/c1-11(2)14(15)7-8-16(3)13-6-9-17(10-13)12-4-5-12/h11-14H,4-10,15H2,1-3H3. The topological polar surface area (TPSA) is 32.5 Å². The van der Waals surface area contributed by atoms with Gasteiger partial charge in [-0.15, -0.1) is 0 Å². The first-order valence-electron chi connectivity index (χ1n) is 7.27. The maximum Gasteiger partial charge on any atom is 0.0232 e. The van der Waals surface area contributed by atoms with Gasteiger partial charge in [-0.3, -0.25) is 4.90 Å². The second kappa shape index (κ2) is 5.68. The number of hydrogen-bond donors (Lipinski definition) is 1. The van der Waals surface area contributed by atoms with Crippen molar-refractivity contribution in [3.63, 3.8) is 0 Å². The fraction of sp³-hybridized carbons (Fsp3) is 1.00. The summed E-state index contributed by atoms with van der Waals surface area (Å²) in [5.41, 5.74) is 6.11. The number of nitrogens with zero attached hydrogens (tertiary/aromatic N) is 2. The quantitative estimate of drug-likeness (QED) is 0.763. The minimum absolute atomic E-state index is 0.360. The molecule has 0 aromatic heterocycles. The van der Waals surface area contributed by atoms with Gasteiger partial charge in [0.15, 0.2) is 0 Å². The summed E-state index contributed by atoms with van der Waals surface area (Å²) in [5.74, 6) is 0.606. The average molecular weight is 239 g/mol. The van der Waals surface area contributed by atoms with Gasteiger partial charge in [0.1, 0.15) is 0 Å². The van der Waals surface area contributed by atoms with Gasteiger partial charge in [-0.05, 0) is 45.2 Å². The summed E-state index contributed by atoms with van der Waals surface area (Å²) in [6.07, 6.45) is 5.36. The molecule has 1 saturated heterocycles. The van der Waals surface area contributed by atoms with Crippen LogP contribution in [0.3, 0.4) is 0 Å². The summed E-state index contributed by atoms with van der Waals surface area (Å²) in [4.78, 5) is 5.22. The van der Waals surface area contributed by atoms with Crippen molar-refractivity contribution in [3.8, 4) is 0 Å². The highest BCUT2D eigenvalue weighted by Gasteiger charge is 2.35. The maximum atomic E-state index is 6.11. The van der Waals surface area contributed by atoms with Crippen LogP contribution >= 0.6 is 0 Å². The third-order valence-electron chi connectivity index (χ3n) is 4.55. The Hall–Kier alpha value is -0.120. The predicted molar refractivity (Wildman–Crippen MR) is 73.1 cm³/mol. The first kappa shape index (κ1) is 13.3. The van der Waals surface area contributed by atoms with E-state index in [2.05, 4.69) is 30.7 Å². The van der Waals surface area contributed by atoms with Gasteiger partial charge in [0.05, 0.1) is 0 Å². The van der Waals surface area contributed by atoms with Crippen LogP contribution in [0.1, 0.15) is 39.5 Å². The second-order valence-corrected chi connectivity index (χ2v) is 6.35. The Morgan fingerprint density at radius 2 is 2.00 bits per heavy atom. The third kappa shape index (κ3) is 3.67. The molecule has 1 aliphatic heterocycles. The smallest absolute Gasteiger partial charge is 0.0232 e. The molecule has 1 saturated carbocycles. The summed E-state index contributed by atoms with van der Waals surface area (Å²) in [7, 11) is 2.27. The Kier molecular flexibility index (Phi) is 4.45. The van der Waals surface area contributed by atoms with Gasteiger partial charge < -0.3 is 10.6 Å². The highest BCUT2D eigenvalue weighted by molar-refractivity contribution is 4.92. The fourth-order valence-corrected chi connectivity index (χ4v) is 2.77. The zero-order valence-corrected chi connectivity index (χ0v) is 11.7. The molecule has 100 valence electrons. The van der Waals surface area contributed by atoms with Crippen LogP contribution in [0.2, 0.25) is 0 Å². The fourth-order valence-electron chi connectivity index (χ4n) is 2.77. The molecule has 3 nitrogen and oxygen atoms in total. The molecule has 17 heavy (non-hydrogen) atoms. The molecule has 0 spiro atoms. The summed E-state index contributed by atoms with van der Waals surface area (Å²) >= 11 is 0. The molecule has 0 amide bonds. The van der Waals surface area contributed by atoms with Crippen LogP contribution < -0.4 is 5.73 Å². The highest BCUT2D eigenvalue weighted by atomic mass is 15.3. The summed E-state index contributed by atoms with van der Waals surface area (Å²) in [5, 5.41) is 0. The van der Waals surface area contributed by atoms with Crippen molar-refractivity contribution in [2.24, 2.45) is 11.7 Å². The van der Waals surface area contributed by atoms with Gasteiger partial charge in [-0.25, -0.2) is 0 Å². The van der Waals surface area contributed by atoms with E-state index < -0.39 is 0 Å². The van der Waals surface area contributed by atoms with E-state index in [0.717, 1.165) is 25.0 Å². The predicted octanol–water partition coefficient (Wildman–Crippen LogP) is 1.53. The SMILES string of the molecule is CC(C)C(N)CCN(C)C1CCN(C2CC2)C1. The van der Waals surface area contributed by atoms with Crippen LogP contribution in [0, 0.1) is 5.92 Å². The molecule has 0 aromatic carbocycles. The van der Waals surface area contributed by atoms with Gasteiger partial charge >= 0.3 is 0 Å². The number of likely N-dealkylation sites (N-methyl/N-ethyl adjacent to an activating group) is 1. The Balaban J connectivity index is 1.67. The molecule has 2 atom stereocenters. The molecule has 1 aliphatic carbocycles. The largest absolute Gasteiger partial charge is 0.327 e. The van der Waals surface area contributed by atoms with Crippen molar-refractivity contribution in [1.29, 1.82) is 0 Å². The molecule has 3 heteroatoms. The molecule has 2 fully saturated rings. The molecule has 0 aromatic rings. The highest BCUT2D eigenvalue weighted by Crippen LogP contribution is 2.30. The summed E-state index contributed by atoms with van der Waals surface area (Å²) in [6, 6.07) is 2.07. The van der Waals surface area contributed by atoms with Gasteiger partial charge in [0.2, 0.25) is 0 Å². The Bertz CT molecular complexity index is 238. The van der Waals surface area contributed by atoms with E-state index in [4.69, 9.17) is 5.73 Å². The number of hydrogen-bond acceptors (Lipinski definition) is 3. The minimum Gasteiger partial charge on any atom is -0.327 e. The van der Waals surface area contributed by atoms with Crippen LogP contribution in [-0.2, 0) is 0 Å². The monoisotopic (exact) mass is 239 g/mol. The van der Waals surface area contributed by atoms with Gasteiger partial charge in [0, 0.05) is 31.2 Å². The molecular weight excluding hydrogens is 210 g/mol. The summed E-state index contributed by atoms with van der Waals surface area (Å²) < 4.78 is 0. The van der Waals surface area contributed by atoms with Crippen molar-refractivity contribution < 1.29 is 0 Å². The van der Waals surface area contributed by atoms with E-state index in [0.29, 0.717) is 12.0 Å².